The SMILES string of the molecule is O=C(Nc1cccc(-n2cncn2)c1)N[C@H]1[C@@H]2CN(c3ccc(F)cc3F)C[C@@H]21. The number of amides is 2. The van der Waals surface area contributed by atoms with Gasteiger partial charge >= 0.3 is 6.03 Å². The fraction of sp³-hybridized carbons (Fsp3) is 0.250. The van der Waals surface area contributed by atoms with Gasteiger partial charge in [-0.15, -0.1) is 0 Å². The first-order chi connectivity index (χ1) is 14.1. The topological polar surface area (TPSA) is 75.1 Å². The second-order valence-electron chi connectivity index (χ2n) is 7.34. The first-order valence-electron chi connectivity index (χ1n) is 9.31. The number of piperidine rings is 1. The monoisotopic (exact) mass is 396 g/mol. The van der Waals surface area contributed by atoms with E-state index in [4.69, 9.17) is 0 Å². The summed E-state index contributed by atoms with van der Waals surface area (Å²) in [6.07, 6.45) is 3.03. The summed E-state index contributed by atoms with van der Waals surface area (Å²) < 4.78 is 28.7. The molecule has 0 spiro atoms. The lowest BCUT2D eigenvalue weighted by atomic mass is 10.2. The van der Waals surface area contributed by atoms with Crippen molar-refractivity contribution < 1.29 is 13.6 Å². The van der Waals surface area contributed by atoms with Crippen LogP contribution in [0.15, 0.2) is 55.1 Å². The minimum absolute atomic E-state index is 0.0632. The van der Waals surface area contributed by atoms with E-state index >= 15 is 0 Å². The lowest BCUT2D eigenvalue weighted by Crippen LogP contribution is -2.37. The Balaban J connectivity index is 1.17. The van der Waals surface area contributed by atoms with Crippen LogP contribution in [0.1, 0.15) is 0 Å². The molecule has 5 rings (SSSR count). The van der Waals surface area contributed by atoms with E-state index in [1.165, 1.54) is 18.5 Å². The number of nitrogens with zero attached hydrogens (tertiary/aromatic N) is 4. The number of urea groups is 1. The van der Waals surface area contributed by atoms with Crippen LogP contribution in [0.5, 0.6) is 0 Å². The lowest BCUT2D eigenvalue weighted by Gasteiger charge is -2.23. The second kappa shape index (κ2) is 6.84. The molecular weight excluding hydrogens is 378 g/mol. The number of aromatic nitrogens is 3. The number of rotatable bonds is 4. The van der Waals surface area contributed by atoms with Crippen LogP contribution in [-0.2, 0) is 0 Å². The summed E-state index contributed by atoms with van der Waals surface area (Å²) in [7, 11) is 0. The molecule has 0 radical (unpaired) electrons. The number of benzene rings is 2. The van der Waals surface area contributed by atoms with Crippen LogP contribution in [0.4, 0.5) is 25.0 Å². The summed E-state index contributed by atoms with van der Waals surface area (Å²) in [6.45, 7) is 1.28. The van der Waals surface area contributed by atoms with Gasteiger partial charge in [0.1, 0.15) is 24.3 Å². The second-order valence-corrected chi connectivity index (χ2v) is 7.34. The predicted molar refractivity (Wildman–Crippen MR) is 103 cm³/mol. The number of halogens is 2. The van der Waals surface area contributed by atoms with Gasteiger partial charge in [0.15, 0.2) is 0 Å². The molecule has 1 aliphatic heterocycles. The van der Waals surface area contributed by atoms with E-state index in [9.17, 15) is 13.6 Å². The third-order valence-electron chi connectivity index (χ3n) is 5.53. The van der Waals surface area contributed by atoms with Crippen molar-refractivity contribution in [1.29, 1.82) is 0 Å². The molecule has 29 heavy (non-hydrogen) atoms. The lowest BCUT2D eigenvalue weighted by molar-refractivity contribution is 0.250. The third kappa shape index (κ3) is 3.39. The average molecular weight is 396 g/mol. The summed E-state index contributed by atoms with van der Waals surface area (Å²) >= 11 is 0. The molecule has 3 aromatic rings. The van der Waals surface area contributed by atoms with Crippen molar-refractivity contribution in [2.75, 3.05) is 23.3 Å². The van der Waals surface area contributed by atoms with Gasteiger partial charge < -0.3 is 15.5 Å². The van der Waals surface area contributed by atoms with E-state index in [0.29, 0.717) is 24.5 Å². The Morgan fingerprint density at radius 2 is 1.93 bits per heavy atom. The highest BCUT2D eigenvalue weighted by Crippen LogP contribution is 2.47. The molecule has 0 bridgehead atoms. The van der Waals surface area contributed by atoms with Crippen molar-refractivity contribution in [3.05, 3.63) is 66.8 Å². The highest BCUT2D eigenvalue weighted by molar-refractivity contribution is 5.90. The molecule has 2 fully saturated rings. The van der Waals surface area contributed by atoms with Gasteiger partial charge in [0.25, 0.3) is 0 Å². The number of carbonyl (C=O) groups excluding carboxylic acids is 1. The van der Waals surface area contributed by atoms with Gasteiger partial charge in [-0.1, -0.05) is 6.07 Å². The largest absolute Gasteiger partial charge is 0.368 e. The standard InChI is InChI=1S/C20H18F2N6O/c21-12-4-5-18(17(22)6-12)27-8-15-16(9-27)19(15)26-20(29)25-13-2-1-3-14(7-13)28-11-23-10-24-28/h1-7,10-11,15-16,19H,8-9H2,(H2,25,26,29)/t15-,16+,19+. The van der Waals surface area contributed by atoms with Crippen molar-refractivity contribution in [3.63, 3.8) is 0 Å². The maximum atomic E-state index is 14.0. The molecule has 2 aliphatic rings. The third-order valence-corrected chi connectivity index (χ3v) is 5.53. The highest BCUT2D eigenvalue weighted by Gasteiger charge is 2.56. The van der Waals surface area contributed by atoms with Crippen LogP contribution in [0.25, 0.3) is 5.69 Å². The van der Waals surface area contributed by atoms with E-state index in [2.05, 4.69) is 20.7 Å². The van der Waals surface area contributed by atoms with E-state index in [-0.39, 0.29) is 23.9 Å². The first-order valence-corrected chi connectivity index (χ1v) is 9.31. The van der Waals surface area contributed by atoms with Crippen molar-refractivity contribution >= 4 is 17.4 Å². The number of hydrogen-bond acceptors (Lipinski definition) is 4. The van der Waals surface area contributed by atoms with Crippen LogP contribution < -0.4 is 15.5 Å². The molecule has 2 N–H and O–H groups in total. The number of nitrogens with one attached hydrogen (secondary N) is 2. The summed E-state index contributed by atoms with van der Waals surface area (Å²) in [5.74, 6) is -0.598. The van der Waals surface area contributed by atoms with Gasteiger partial charge in [0, 0.05) is 42.7 Å². The molecule has 9 heteroatoms. The normalized spacial score (nSPS) is 22.3. The number of carbonyl (C=O) groups is 1. The minimum Gasteiger partial charge on any atom is -0.368 e. The van der Waals surface area contributed by atoms with Crippen LogP contribution in [0.2, 0.25) is 0 Å². The fourth-order valence-electron chi connectivity index (χ4n) is 4.06. The Kier molecular flexibility index (Phi) is 4.15. The van der Waals surface area contributed by atoms with Crippen LogP contribution in [0.3, 0.4) is 0 Å². The smallest absolute Gasteiger partial charge is 0.319 e. The Morgan fingerprint density at radius 1 is 1.10 bits per heavy atom. The zero-order valence-electron chi connectivity index (χ0n) is 15.3. The quantitative estimate of drug-likeness (QED) is 0.711. The maximum Gasteiger partial charge on any atom is 0.319 e. The van der Waals surface area contributed by atoms with Gasteiger partial charge in [0.2, 0.25) is 0 Å². The molecule has 7 nitrogen and oxygen atoms in total. The van der Waals surface area contributed by atoms with Gasteiger partial charge in [-0.2, -0.15) is 5.10 Å². The zero-order valence-corrected chi connectivity index (χ0v) is 15.3. The molecule has 2 heterocycles. The van der Waals surface area contributed by atoms with Crippen LogP contribution in [-0.4, -0.2) is 39.9 Å². The van der Waals surface area contributed by atoms with E-state index < -0.39 is 11.6 Å². The molecule has 3 atom stereocenters. The Morgan fingerprint density at radius 3 is 2.66 bits per heavy atom. The number of hydrogen-bond donors (Lipinski definition) is 2. The summed E-state index contributed by atoms with van der Waals surface area (Å²) in [6, 6.07) is 10.7. The molecular formula is C20H18F2N6O. The number of anilines is 2. The Bertz CT molecular complexity index is 1040. The van der Waals surface area contributed by atoms with E-state index in [1.807, 2.05) is 17.0 Å². The van der Waals surface area contributed by atoms with Crippen molar-refractivity contribution in [3.8, 4) is 5.69 Å². The predicted octanol–water partition coefficient (Wildman–Crippen LogP) is 2.80. The van der Waals surface area contributed by atoms with Gasteiger partial charge in [-0.05, 0) is 30.3 Å². The molecule has 1 saturated carbocycles. The first kappa shape index (κ1) is 17.6. The summed E-state index contributed by atoms with van der Waals surface area (Å²) in [5, 5.41) is 9.90. The molecule has 1 aromatic heterocycles. The minimum atomic E-state index is -0.584. The van der Waals surface area contributed by atoms with E-state index in [0.717, 1.165) is 11.8 Å². The fourth-order valence-corrected chi connectivity index (χ4v) is 4.06. The van der Waals surface area contributed by atoms with Crippen molar-refractivity contribution in [1.82, 2.24) is 20.1 Å². The summed E-state index contributed by atoms with van der Waals surface area (Å²) in [4.78, 5) is 18.2. The van der Waals surface area contributed by atoms with E-state index in [1.54, 1.807) is 23.1 Å². The molecule has 148 valence electrons. The average Bonchev–Trinajstić information content (AvgIpc) is 3.13. The molecule has 1 aliphatic carbocycles. The molecule has 0 unspecified atom stereocenters. The van der Waals surface area contributed by atoms with Crippen LogP contribution in [0, 0.1) is 23.5 Å². The Hall–Kier alpha value is -3.49. The number of fused-ring (bicyclic) bond motifs is 1. The van der Waals surface area contributed by atoms with Gasteiger partial charge in [0.05, 0.1) is 11.4 Å². The molecule has 2 amide bonds. The zero-order chi connectivity index (χ0) is 20.0. The van der Waals surface area contributed by atoms with Crippen LogP contribution >= 0.6 is 0 Å². The Labute approximate surface area is 165 Å². The maximum absolute atomic E-state index is 14.0. The molecule has 1 saturated heterocycles. The molecule has 2 aromatic carbocycles. The summed E-state index contributed by atoms with van der Waals surface area (Å²) in [5.41, 5.74) is 1.85. The van der Waals surface area contributed by atoms with Crippen molar-refractivity contribution in [2.24, 2.45) is 11.8 Å². The van der Waals surface area contributed by atoms with Gasteiger partial charge in [-0.3, -0.25) is 0 Å². The van der Waals surface area contributed by atoms with Crippen molar-refractivity contribution in [2.45, 2.75) is 6.04 Å². The highest BCUT2D eigenvalue weighted by atomic mass is 19.1. The van der Waals surface area contributed by atoms with Gasteiger partial charge in [-0.25, -0.2) is 23.2 Å².